The van der Waals surface area contributed by atoms with E-state index in [-0.39, 0.29) is 0 Å². The van der Waals surface area contributed by atoms with Crippen molar-refractivity contribution in [3.05, 3.63) is 47.7 Å². The zero-order chi connectivity index (χ0) is 10.4. The van der Waals surface area contributed by atoms with Crippen molar-refractivity contribution in [3.8, 4) is 6.07 Å². The standard InChI is InChI=1S/C12H14N2/c1-14(2)10-12(9-13)8-11-6-4-3-5-7-11/h3-7,10H,8H2,1-2H3/b12-10-. The van der Waals surface area contributed by atoms with E-state index in [1.54, 1.807) is 0 Å². The van der Waals surface area contributed by atoms with Crippen LogP contribution in [-0.2, 0) is 6.42 Å². The Kier molecular flexibility index (Phi) is 3.75. The van der Waals surface area contributed by atoms with E-state index in [1.807, 2.05) is 55.5 Å². The van der Waals surface area contributed by atoms with Crippen molar-refractivity contribution >= 4 is 0 Å². The van der Waals surface area contributed by atoms with E-state index in [1.165, 1.54) is 5.56 Å². The Labute approximate surface area is 85.1 Å². The Morgan fingerprint density at radius 3 is 2.50 bits per heavy atom. The largest absolute Gasteiger partial charge is 0.383 e. The number of nitriles is 1. The number of benzene rings is 1. The number of nitrogens with zero attached hydrogens (tertiary/aromatic N) is 2. The molecule has 2 heteroatoms. The summed E-state index contributed by atoms with van der Waals surface area (Å²) < 4.78 is 0. The monoisotopic (exact) mass is 186 g/mol. The van der Waals surface area contributed by atoms with Crippen molar-refractivity contribution < 1.29 is 0 Å². The summed E-state index contributed by atoms with van der Waals surface area (Å²) in [7, 11) is 3.84. The molecule has 14 heavy (non-hydrogen) atoms. The van der Waals surface area contributed by atoms with Gasteiger partial charge in [-0.1, -0.05) is 30.3 Å². The normalized spacial score (nSPS) is 10.8. The first-order valence-corrected chi connectivity index (χ1v) is 4.53. The fourth-order valence-electron chi connectivity index (χ4n) is 1.24. The average molecular weight is 186 g/mol. The van der Waals surface area contributed by atoms with E-state index >= 15 is 0 Å². The summed E-state index contributed by atoms with van der Waals surface area (Å²) in [5, 5.41) is 8.89. The van der Waals surface area contributed by atoms with Crippen molar-refractivity contribution in [2.75, 3.05) is 14.1 Å². The quantitative estimate of drug-likeness (QED) is 0.677. The number of hydrogen-bond donors (Lipinski definition) is 0. The van der Waals surface area contributed by atoms with Crippen LogP contribution < -0.4 is 0 Å². The van der Waals surface area contributed by atoms with Crippen molar-refractivity contribution in [2.24, 2.45) is 0 Å². The van der Waals surface area contributed by atoms with Crippen molar-refractivity contribution in [3.63, 3.8) is 0 Å². The molecule has 0 saturated heterocycles. The predicted octanol–water partition coefficient (Wildman–Crippen LogP) is 2.20. The molecule has 72 valence electrons. The molecule has 0 bridgehead atoms. The van der Waals surface area contributed by atoms with Crippen LogP contribution in [0.5, 0.6) is 0 Å². The molecule has 0 aromatic heterocycles. The Morgan fingerprint density at radius 1 is 1.36 bits per heavy atom. The molecule has 0 aliphatic rings. The second-order valence-corrected chi connectivity index (χ2v) is 3.39. The minimum Gasteiger partial charge on any atom is -0.383 e. The summed E-state index contributed by atoms with van der Waals surface area (Å²) in [6.07, 6.45) is 2.56. The minimum atomic E-state index is 0.704. The maximum Gasteiger partial charge on any atom is 0.0965 e. The van der Waals surface area contributed by atoms with Gasteiger partial charge in [-0.25, -0.2) is 0 Å². The summed E-state index contributed by atoms with van der Waals surface area (Å²) >= 11 is 0. The summed E-state index contributed by atoms with van der Waals surface area (Å²) in [6, 6.07) is 12.2. The van der Waals surface area contributed by atoms with Gasteiger partial charge in [0, 0.05) is 32.3 Å². The third kappa shape index (κ3) is 3.32. The highest BCUT2D eigenvalue weighted by molar-refractivity contribution is 5.29. The van der Waals surface area contributed by atoms with Gasteiger partial charge in [0.05, 0.1) is 6.07 Å². The van der Waals surface area contributed by atoms with E-state index in [0.717, 1.165) is 5.57 Å². The van der Waals surface area contributed by atoms with Crippen LogP contribution in [0.25, 0.3) is 0 Å². The Balaban J connectivity index is 2.73. The Bertz CT molecular complexity index is 344. The van der Waals surface area contributed by atoms with Gasteiger partial charge in [-0.05, 0) is 5.56 Å². The lowest BCUT2D eigenvalue weighted by Crippen LogP contribution is -2.03. The van der Waals surface area contributed by atoms with Crippen LogP contribution >= 0.6 is 0 Å². The molecule has 0 atom stereocenters. The molecular formula is C12H14N2. The molecule has 0 fully saturated rings. The van der Waals surface area contributed by atoms with Gasteiger partial charge < -0.3 is 4.90 Å². The molecule has 0 saturated carbocycles. The maximum absolute atomic E-state index is 8.89. The van der Waals surface area contributed by atoms with Crippen LogP contribution in [0.15, 0.2) is 42.1 Å². The topological polar surface area (TPSA) is 27.0 Å². The average Bonchev–Trinajstić information content (AvgIpc) is 2.17. The summed E-state index contributed by atoms with van der Waals surface area (Å²) in [4.78, 5) is 1.89. The molecule has 0 heterocycles. The lowest BCUT2D eigenvalue weighted by atomic mass is 10.1. The lowest BCUT2D eigenvalue weighted by molar-refractivity contribution is 0.558. The highest BCUT2D eigenvalue weighted by Gasteiger charge is 1.98. The lowest BCUT2D eigenvalue weighted by Gasteiger charge is -2.06. The molecule has 0 radical (unpaired) electrons. The Morgan fingerprint density at radius 2 is 2.00 bits per heavy atom. The third-order valence-corrected chi connectivity index (χ3v) is 1.80. The van der Waals surface area contributed by atoms with Crippen LogP contribution in [0.1, 0.15) is 5.56 Å². The highest BCUT2D eigenvalue weighted by atomic mass is 15.0. The van der Waals surface area contributed by atoms with Gasteiger partial charge in [-0.2, -0.15) is 5.26 Å². The fourth-order valence-corrected chi connectivity index (χ4v) is 1.24. The fraction of sp³-hybridized carbons (Fsp3) is 0.250. The molecule has 0 spiro atoms. The first-order valence-electron chi connectivity index (χ1n) is 4.53. The van der Waals surface area contributed by atoms with Gasteiger partial charge in [0.25, 0.3) is 0 Å². The SMILES string of the molecule is CN(C)/C=C(\C#N)Cc1ccccc1. The molecule has 1 aromatic rings. The first kappa shape index (κ1) is 10.3. The van der Waals surface area contributed by atoms with E-state index in [0.29, 0.717) is 6.42 Å². The first-order chi connectivity index (χ1) is 6.72. The third-order valence-electron chi connectivity index (χ3n) is 1.80. The smallest absolute Gasteiger partial charge is 0.0965 e. The molecule has 1 aromatic carbocycles. The minimum absolute atomic E-state index is 0.704. The number of allylic oxidation sites excluding steroid dienone is 1. The Hall–Kier alpha value is -1.75. The molecule has 0 aliphatic carbocycles. The van der Waals surface area contributed by atoms with Gasteiger partial charge in [-0.3, -0.25) is 0 Å². The molecule has 0 unspecified atom stereocenters. The molecule has 0 N–H and O–H groups in total. The van der Waals surface area contributed by atoms with Gasteiger partial charge in [0.2, 0.25) is 0 Å². The van der Waals surface area contributed by atoms with Gasteiger partial charge >= 0.3 is 0 Å². The van der Waals surface area contributed by atoms with Crippen LogP contribution in [0.2, 0.25) is 0 Å². The number of rotatable bonds is 3. The van der Waals surface area contributed by atoms with Gasteiger partial charge in [0.15, 0.2) is 0 Å². The van der Waals surface area contributed by atoms with Crippen molar-refractivity contribution in [2.45, 2.75) is 6.42 Å². The molecule has 0 aliphatic heterocycles. The molecule has 2 nitrogen and oxygen atoms in total. The van der Waals surface area contributed by atoms with E-state index < -0.39 is 0 Å². The van der Waals surface area contributed by atoms with E-state index in [2.05, 4.69) is 6.07 Å². The summed E-state index contributed by atoms with van der Waals surface area (Å²) in [5.74, 6) is 0. The van der Waals surface area contributed by atoms with Gasteiger partial charge in [0.1, 0.15) is 0 Å². The van der Waals surface area contributed by atoms with Crippen LogP contribution in [0.4, 0.5) is 0 Å². The van der Waals surface area contributed by atoms with Crippen LogP contribution in [0, 0.1) is 11.3 Å². The zero-order valence-electron chi connectivity index (χ0n) is 8.57. The molecule has 0 amide bonds. The predicted molar refractivity (Wildman–Crippen MR) is 57.5 cm³/mol. The second-order valence-electron chi connectivity index (χ2n) is 3.39. The molecule has 1 rings (SSSR count). The van der Waals surface area contributed by atoms with Crippen molar-refractivity contribution in [1.82, 2.24) is 4.90 Å². The highest BCUT2D eigenvalue weighted by Crippen LogP contribution is 2.07. The molecular weight excluding hydrogens is 172 g/mol. The maximum atomic E-state index is 8.89. The van der Waals surface area contributed by atoms with E-state index in [4.69, 9.17) is 5.26 Å². The van der Waals surface area contributed by atoms with Crippen LogP contribution in [0.3, 0.4) is 0 Å². The van der Waals surface area contributed by atoms with E-state index in [9.17, 15) is 0 Å². The van der Waals surface area contributed by atoms with Gasteiger partial charge in [-0.15, -0.1) is 0 Å². The van der Waals surface area contributed by atoms with Crippen LogP contribution in [-0.4, -0.2) is 19.0 Å². The summed E-state index contributed by atoms with van der Waals surface area (Å²) in [6.45, 7) is 0. The number of hydrogen-bond acceptors (Lipinski definition) is 2. The zero-order valence-corrected chi connectivity index (χ0v) is 8.57. The second kappa shape index (κ2) is 5.08. The van der Waals surface area contributed by atoms with Crippen molar-refractivity contribution in [1.29, 1.82) is 5.26 Å². The summed E-state index contributed by atoms with van der Waals surface area (Å²) in [5.41, 5.74) is 1.95.